The van der Waals surface area contributed by atoms with Gasteiger partial charge in [-0.15, -0.1) is 0 Å². The van der Waals surface area contributed by atoms with Crippen LogP contribution in [0.5, 0.6) is 0 Å². The molecule has 2 heteroatoms. The molecule has 0 amide bonds. The maximum absolute atomic E-state index is 8.03. The zero-order valence-corrected chi connectivity index (χ0v) is 5.29. The summed E-state index contributed by atoms with van der Waals surface area (Å²) in [6.45, 7) is 0. The molecule has 0 saturated heterocycles. The van der Waals surface area contributed by atoms with Crippen molar-refractivity contribution in [1.29, 1.82) is 5.26 Å². The summed E-state index contributed by atoms with van der Waals surface area (Å²) in [5.74, 6) is 1.12. The van der Waals surface area contributed by atoms with Gasteiger partial charge in [-0.3, -0.25) is 0 Å². The number of thioether (sulfide) groups is 1. The van der Waals surface area contributed by atoms with Crippen LogP contribution in [-0.4, -0.2) is 12.0 Å². The maximum Gasteiger partial charge on any atom is 0.0622 e. The van der Waals surface area contributed by atoms with Crippen LogP contribution in [-0.2, 0) is 0 Å². The quantitative estimate of drug-likeness (QED) is 0.522. The van der Waals surface area contributed by atoms with Gasteiger partial charge in [-0.1, -0.05) is 0 Å². The molecule has 0 fully saturated rings. The highest BCUT2D eigenvalue weighted by molar-refractivity contribution is 7.98. The Bertz CT molecular complexity index is 65.0. The molecular weight excluding hydrogens is 106 g/mol. The van der Waals surface area contributed by atoms with Crippen molar-refractivity contribution < 1.29 is 0 Å². The summed E-state index contributed by atoms with van der Waals surface area (Å²) >= 11 is 1.79. The zero-order valence-electron chi connectivity index (χ0n) is 4.48. The largest absolute Gasteiger partial charge is 0.198 e. The van der Waals surface area contributed by atoms with Crippen molar-refractivity contribution in [2.24, 2.45) is 0 Å². The molecule has 7 heavy (non-hydrogen) atoms. The monoisotopic (exact) mass is 115 g/mol. The first-order chi connectivity index (χ1) is 3.41. The summed E-state index contributed by atoms with van der Waals surface area (Å²) in [5, 5.41) is 8.03. The van der Waals surface area contributed by atoms with Gasteiger partial charge in [0.1, 0.15) is 0 Å². The van der Waals surface area contributed by atoms with Crippen molar-refractivity contribution in [3.05, 3.63) is 0 Å². The van der Waals surface area contributed by atoms with Gasteiger partial charge in [-0.25, -0.2) is 0 Å². The lowest BCUT2D eigenvalue weighted by Gasteiger charge is -1.85. The summed E-state index contributed by atoms with van der Waals surface area (Å²) < 4.78 is 0. The predicted octanol–water partition coefficient (Wildman–Crippen LogP) is 1.65. The van der Waals surface area contributed by atoms with E-state index in [1.54, 1.807) is 11.8 Å². The lowest BCUT2D eigenvalue weighted by Crippen LogP contribution is -1.73. The standard InChI is InChI=1S/C5H9NS/c1-7-5-3-2-4-6/h2-3,5H2,1H3. The molecule has 0 aromatic rings. The van der Waals surface area contributed by atoms with E-state index in [-0.39, 0.29) is 0 Å². The Labute approximate surface area is 48.7 Å². The number of unbranched alkanes of at least 4 members (excludes halogenated alkanes) is 1. The third-order valence-corrected chi connectivity index (χ3v) is 1.33. The second kappa shape index (κ2) is 5.84. The van der Waals surface area contributed by atoms with E-state index >= 15 is 0 Å². The Morgan fingerprint density at radius 2 is 2.43 bits per heavy atom. The van der Waals surface area contributed by atoms with Crippen LogP contribution in [0.15, 0.2) is 0 Å². The van der Waals surface area contributed by atoms with Crippen molar-refractivity contribution in [3.8, 4) is 6.07 Å². The van der Waals surface area contributed by atoms with Crippen LogP contribution in [0.1, 0.15) is 12.8 Å². The highest BCUT2D eigenvalue weighted by Crippen LogP contribution is 1.96. The molecular formula is C5H9NS. The van der Waals surface area contributed by atoms with Crippen molar-refractivity contribution in [1.82, 2.24) is 0 Å². The van der Waals surface area contributed by atoms with Gasteiger partial charge >= 0.3 is 0 Å². The molecule has 0 aliphatic heterocycles. The maximum atomic E-state index is 8.03. The molecule has 0 spiro atoms. The van der Waals surface area contributed by atoms with Gasteiger partial charge in [0, 0.05) is 6.42 Å². The van der Waals surface area contributed by atoms with Gasteiger partial charge in [0.15, 0.2) is 0 Å². The van der Waals surface area contributed by atoms with Crippen LogP contribution < -0.4 is 0 Å². The molecule has 0 aromatic carbocycles. The predicted molar refractivity (Wildman–Crippen MR) is 33.2 cm³/mol. The summed E-state index contributed by atoms with van der Waals surface area (Å²) in [4.78, 5) is 0. The van der Waals surface area contributed by atoms with Crippen molar-refractivity contribution in [3.63, 3.8) is 0 Å². The molecule has 40 valence electrons. The van der Waals surface area contributed by atoms with Crippen LogP contribution in [0.4, 0.5) is 0 Å². The first-order valence-electron chi connectivity index (χ1n) is 2.27. The fourth-order valence-corrected chi connectivity index (χ4v) is 0.729. The smallest absolute Gasteiger partial charge is 0.0622 e. The van der Waals surface area contributed by atoms with E-state index in [9.17, 15) is 0 Å². The number of nitrogens with zero attached hydrogens (tertiary/aromatic N) is 1. The first-order valence-corrected chi connectivity index (χ1v) is 3.67. The number of hydrogen-bond donors (Lipinski definition) is 0. The van der Waals surface area contributed by atoms with Crippen LogP contribution in [0.2, 0.25) is 0 Å². The average Bonchev–Trinajstić information content (AvgIpc) is 1.69. The molecule has 0 atom stereocenters. The number of rotatable bonds is 3. The Balaban J connectivity index is 2.60. The van der Waals surface area contributed by atoms with E-state index in [4.69, 9.17) is 5.26 Å². The van der Waals surface area contributed by atoms with E-state index in [0.717, 1.165) is 12.2 Å². The molecule has 0 N–H and O–H groups in total. The highest BCUT2D eigenvalue weighted by Gasteiger charge is 1.79. The second-order valence-corrected chi connectivity index (χ2v) is 2.24. The summed E-state index contributed by atoms with van der Waals surface area (Å²) in [5.41, 5.74) is 0. The molecule has 0 radical (unpaired) electrons. The fraction of sp³-hybridized carbons (Fsp3) is 0.800. The SMILES string of the molecule is CSCCCC#N. The minimum Gasteiger partial charge on any atom is -0.198 e. The number of nitriles is 1. The van der Waals surface area contributed by atoms with Gasteiger partial charge in [-0.2, -0.15) is 17.0 Å². The summed E-state index contributed by atoms with van der Waals surface area (Å²) in [7, 11) is 0. The summed E-state index contributed by atoms with van der Waals surface area (Å²) in [6, 6.07) is 2.09. The third-order valence-electron chi connectivity index (χ3n) is 0.637. The Morgan fingerprint density at radius 3 is 2.86 bits per heavy atom. The molecule has 0 unspecified atom stereocenters. The van der Waals surface area contributed by atoms with Crippen molar-refractivity contribution in [2.45, 2.75) is 12.8 Å². The Hall–Kier alpha value is -0.160. The van der Waals surface area contributed by atoms with Crippen LogP contribution in [0.25, 0.3) is 0 Å². The normalized spacial score (nSPS) is 8.00. The van der Waals surface area contributed by atoms with Crippen molar-refractivity contribution >= 4 is 11.8 Å². The minimum absolute atomic E-state index is 0.709. The lowest BCUT2D eigenvalue weighted by molar-refractivity contribution is 0.983. The van der Waals surface area contributed by atoms with E-state index in [2.05, 4.69) is 12.3 Å². The molecule has 0 aliphatic rings. The molecule has 0 bridgehead atoms. The second-order valence-electron chi connectivity index (χ2n) is 1.25. The topological polar surface area (TPSA) is 23.8 Å². The fourth-order valence-electron chi connectivity index (χ4n) is 0.296. The Kier molecular flexibility index (Phi) is 5.71. The van der Waals surface area contributed by atoms with Crippen molar-refractivity contribution in [2.75, 3.05) is 12.0 Å². The molecule has 0 saturated carbocycles. The summed E-state index contributed by atoms with van der Waals surface area (Å²) in [6.07, 6.45) is 3.80. The van der Waals surface area contributed by atoms with E-state index < -0.39 is 0 Å². The van der Waals surface area contributed by atoms with Crippen LogP contribution in [0, 0.1) is 11.3 Å². The van der Waals surface area contributed by atoms with Gasteiger partial charge < -0.3 is 0 Å². The average molecular weight is 115 g/mol. The molecule has 0 aliphatic carbocycles. The van der Waals surface area contributed by atoms with E-state index in [1.807, 2.05) is 0 Å². The highest BCUT2D eigenvalue weighted by atomic mass is 32.2. The first kappa shape index (κ1) is 6.84. The molecule has 0 heterocycles. The van der Waals surface area contributed by atoms with Gasteiger partial charge in [-0.05, 0) is 18.4 Å². The van der Waals surface area contributed by atoms with Gasteiger partial charge in [0.05, 0.1) is 6.07 Å². The minimum atomic E-state index is 0.709. The molecule has 0 rings (SSSR count). The lowest BCUT2D eigenvalue weighted by atomic mass is 10.4. The Morgan fingerprint density at radius 1 is 1.71 bits per heavy atom. The van der Waals surface area contributed by atoms with Crippen LogP contribution >= 0.6 is 11.8 Å². The van der Waals surface area contributed by atoms with Gasteiger partial charge in [0.2, 0.25) is 0 Å². The molecule has 0 aromatic heterocycles. The van der Waals surface area contributed by atoms with E-state index in [0.29, 0.717) is 6.42 Å². The van der Waals surface area contributed by atoms with Gasteiger partial charge in [0.25, 0.3) is 0 Å². The van der Waals surface area contributed by atoms with E-state index in [1.165, 1.54) is 0 Å². The molecule has 1 nitrogen and oxygen atoms in total. The van der Waals surface area contributed by atoms with Crippen LogP contribution in [0.3, 0.4) is 0 Å². The number of hydrogen-bond acceptors (Lipinski definition) is 2. The zero-order chi connectivity index (χ0) is 5.54. The third kappa shape index (κ3) is 5.84.